The Labute approximate surface area is 183 Å². The van der Waals surface area contributed by atoms with E-state index >= 15 is 0 Å². The smallest absolute Gasteiger partial charge is 0.248 e. The van der Waals surface area contributed by atoms with Gasteiger partial charge in [-0.25, -0.2) is 8.42 Å². The lowest BCUT2D eigenvalue weighted by Crippen LogP contribution is -2.55. The van der Waals surface area contributed by atoms with Crippen molar-refractivity contribution in [1.82, 2.24) is 19.3 Å². The third-order valence-electron chi connectivity index (χ3n) is 6.86. The minimum absolute atomic E-state index is 0.00614. The minimum atomic E-state index is -3.70. The van der Waals surface area contributed by atoms with Crippen LogP contribution >= 0.6 is 0 Å². The Morgan fingerprint density at radius 2 is 1.55 bits per heavy atom. The van der Waals surface area contributed by atoms with Crippen LogP contribution in [0.2, 0.25) is 0 Å². The lowest BCUT2D eigenvalue weighted by molar-refractivity contribution is -0.150. The normalized spacial score (nSPS) is 24.0. The average Bonchev–Trinajstić information content (AvgIpc) is 3.43. The van der Waals surface area contributed by atoms with E-state index in [2.05, 4.69) is 5.16 Å². The molecule has 1 unspecified atom stereocenters. The van der Waals surface area contributed by atoms with Gasteiger partial charge in [0.2, 0.25) is 21.8 Å². The van der Waals surface area contributed by atoms with E-state index < -0.39 is 10.0 Å². The van der Waals surface area contributed by atoms with Crippen molar-refractivity contribution < 1.29 is 22.5 Å². The molecule has 3 aliphatic heterocycles. The van der Waals surface area contributed by atoms with Crippen molar-refractivity contribution in [3.05, 3.63) is 11.5 Å². The van der Waals surface area contributed by atoms with Gasteiger partial charge in [0.05, 0.1) is 0 Å². The number of hydrogen-bond acceptors (Lipinski definition) is 6. The fraction of sp³-hybridized carbons (Fsp3) is 0.762. The zero-order valence-electron chi connectivity index (χ0n) is 18.4. The van der Waals surface area contributed by atoms with E-state index in [0.29, 0.717) is 25.1 Å². The number of amides is 2. The van der Waals surface area contributed by atoms with E-state index in [1.165, 1.54) is 4.31 Å². The van der Waals surface area contributed by atoms with Crippen molar-refractivity contribution in [1.29, 1.82) is 0 Å². The van der Waals surface area contributed by atoms with E-state index in [4.69, 9.17) is 4.52 Å². The van der Waals surface area contributed by atoms with E-state index in [1.54, 1.807) is 18.7 Å². The number of aromatic nitrogens is 1. The summed E-state index contributed by atoms with van der Waals surface area (Å²) < 4.78 is 32.5. The summed E-state index contributed by atoms with van der Waals surface area (Å²) in [5.41, 5.74) is 0.354. The number of hydrogen-bond donors (Lipinski definition) is 0. The highest BCUT2D eigenvalue weighted by Crippen LogP contribution is 2.30. The van der Waals surface area contributed by atoms with Crippen LogP contribution in [0.15, 0.2) is 9.42 Å². The fourth-order valence-electron chi connectivity index (χ4n) is 5.15. The molecule has 0 radical (unpaired) electrons. The molecule has 0 bridgehead atoms. The molecule has 1 aromatic heterocycles. The molecular formula is C21H32N4O5S. The van der Waals surface area contributed by atoms with Gasteiger partial charge in [0.1, 0.15) is 16.6 Å². The quantitative estimate of drug-likeness (QED) is 0.689. The van der Waals surface area contributed by atoms with Crippen LogP contribution in [0.1, 0.15) is 56.4 Å². The summed E-state index contributed by atoms with van der Waals surface area (Å²) in [6, 6.07) is -0.358. The molecule has 1 aromatic rings. The van der Waals surface area contributed by atoms with Crippen molar-refractivity contribution in [2.75, 3.05) is 32.7 Å². The van der Waals surface area contributed by atoms with Gasteiger partial charge >= 0.3 is 0 Å². The Hall–Kier alpha value is -1.94. The summed E-state index contributed by atoms with van der Waals surface area (Å²) in [5.74, 6) is 0.131. The van der Waals surface area contributed by atoms with Gasteiger partial charge in [0, 0.05) is 38.6 Å². The minimum Gasteiger partial charge on any atom is -0.360 e. The lowest BCUT2D eigenvalue weighted by atomic mass is 9.93. The molecule has 9 nitrogen and oxygen atoms in total. The van der Waals surface area contributed by atoms with E-state index in [-0.39, 0.29) is 47.5 Å². The molecule has 4 rings (SSSR count). The van der Waals surface area contributed by atoms with Crippen LogP contribution in [-0.2, 0) is 19.6 Å². The van der Waals surface area contributed by atoms with Gasteiger partial charge in [-0.05, 0) is 58.8 Å². The maximum atomic E-state index is 13.3. The molecule has 31 heavy (non-hydrogen) atoms. The Bertz CT molecular complexity index is 910. The van der Waals surface area contributed by atoms with Gasteiger partial charge < -0.3 is 14.3 Å². The van der Waals surface area contributed by atoms with Crippen LogP contribution in [0, 0.1) is 19.8 Å². The summed E-state index contributed by atoms with van der Waals surface area (Å²) in [5, 5.41) is 3.76. The largest absolute Gasteiger partial charge is 0.360 e. The molecule has 0 spiro atoms. The van der Waals surface area contributed by atoms with Crippen LogP contribution in [-0.4, -0.2) is 78.3 Å². The molecule has 1 atom stereocenters. The van der Waals surface area contributed by atoms with Crippen LogP contribution in [0.4, 0.5) is 0 Å². The molecular weight excluding hydrogens is 420 g/mol. The first-order chi connectivity index (χ1) is 14.8. The standard InChI is InChI=1S/C21H32N4O5S/c1-15-19(16(2)30-22-15)31(28,29)24-13-8-17(9-14-24)20(26)25-12-4-3-7-18(25)21(27)23-10-5-6-11-23/h17-18H,3-14H2,1-2H3. The van der Waals surface area contributed by atoms with Crippen molar-refractivity contribution >= 4 is 21.8 Å². The van der Waals surface area contributed by atoms with Crippen molar-refractivity contribution in [2.24, 2.45) is 5.92 Å². The summed E-state index contributed by atoms with van der Waals surface area (Å²) in [7, 11) is -3.70. The molecule has 10 heteroatoms. The summed E-state index contributed by atoms with van der Waals surface area (Å²) in [4.78, 5) is 30.2. The molecule has 4 heterocycles. The predicted octanol–water partition coefficient (Wildman–Crippen LogP) is 1.70. The fourth-order valence-corrected chi connectivity index (χ4v) is 6.91. The third kappa shape index (κ3) is 4.24. The average molecular weight is 453 g/mol. The number of piperidine rings is 2. The number of nitrogens with zero attached hydrogens (tertiary/aromatic N) is 4. The molecule has 3 saturated heterocycles. The van der Waals surface area contributed by atoms with Crippen LogP contribution in [0.25, 0.3) is 0 Å². The number of aryl methyl sites for hydroxylation is 2. The third-order valence-corrected chi connectivity index (χ3v) is 9.00. The summed E-state index contributed by atoms with van der Waals surface area (Å²) >= 11 is 0. The number of likely N-dealkylation sites (tertiary alicyclic amines) is 2. The molecule has 0 saturated carbocycles. The summed E-state index contributed by atoms with van der Waals surface area (Å²) in [6.07, 6.45) is 5.58. The SMILES string of the molecule is Cc1noc(C)c1S(=O)(=O)N1CCC(C(=O)N2CCCCC2C(=O)N2CCCC2)CC1. The molecule has 172 valence electrons. The number of carbonyl (C=O) groups is 2. The van der Waals surface area contributed by atoms with Gasteiger partial charge in [-0.2, -0.15) is 4.31 Å². The van der Waals surface area contributed by atoms with Crippen molar-refractivity contribution in [2.45, 2.75) is 69.7 Å². The second-order valence-electron chi connectivity index (χ2n) is 8.91. The Balaban J connectivity index is 1.42. The number of sulfonamides is 1. The first-order valence-electron chi connectivity index (χ1n) is 11.3. The second kappa shape index (κ2) is 8.90. The van der Waals surface area contributed by atoms with Gasteiger partial charge in [0.25, 0.3) is 0 Å². The Morgan fingerprint density at radius 3 is 2.16 bits per heavy atom. The molecule has 0 aromatic carbocycles. The maximum absolute atomic E-state index is 13.3. The molecule has 3 aliphatic rings. The van der Waals surface area contributed by atoms with E-state index in [9.17, 15) is 18.0 Å². The molecule has 0 aliphatic carbocycles. The van der Waals surface area contributed by atoms with Gasteiger partial charge in [0.15, 0.2) is 5.76 Å². The maximum Gasteiger partial charge on any atom is 0.248 e. The molecule has 3 fully saturated rings. The highest BCUT2D eigenvalue weighted by molar-refractivity contribution is 7.89. The van der Waals surface area contributed by atoms with Crippen LogP contribution in [0.3, 0.4) is 0 Å². The summed E-state index contributed by atoms with van der Waals surface area (Å²) in [6.45, 7) is 5.96. The Kier molecular flexibility index (Phi) is 6.39. The first-order valence-corrected chi connectivity index (χ1v) is 12.8. The number of rotatable bonds is 4. The van der Waals surface area contributed by atoms with Gasteiger partial charge in [-0.3, -0.25) is 9.59 Å². The Morgan fingerprint density at radius 1 is 0.903 bits per heavy atom. The van der Waals surface area contributed by atoms with Crippen LogP contribution < -0.4 is 0 Å². The highest BCUT2D eigenvalue weighted by Gasteiger charge is 2.40. The van der Waals surface area contributed by atoms with Gasteiger partial charge in [-0.1, -0.05) is 5.16 Å². The van der Waals surface area contributed by atoms with Crippen molar-refractivity contribution in [3.63, 3.8) is 0 Å². The lowest BCUT2D eigenvalue weighted by Gasteiger charge is -2.40. The topological polar surface area (TPSA) is 104 Å². The van der Waals surface area contributed by atoms with E-state index in [1.807, 2.05) is 4.90 Å². The second-order valence-corrected chi connectivity index (χ2v) is 10.8. The van der Waals surface area contributed by atoms with E-state index in [0.717, 1.165) is 45.2 Å². The number of carbonyl (C=O) groups excluding carboxylic acids is 2. The molecule has 0 N–H and O–H groups in total. The predicted molar refractivity (Wildman–Crippen MR) is 113 cm³/mol. The van der Waals surface area contributed by atoms with Crippen LogP contribution in [0.5, 0.6) is 0 Å². The first kappa shape index (κ1) is 22.3. The highest BCUT2D eigenvalue weighted by atomic mass is 32.2. The van der Waals surface area contributed by atoms with Crippen molar-refractivity contribution in [3.8, 4) is 0 Å². The molecule has 2 amide bonds. The zero-order chi connectivity index (χ0) is 22.2. The zero-order valence-corrected chi connectivity index (χ0v) is 19.2. The monoisotopic (exact) mass is 452 g/mol. The van der Waals surface area contributed by atoms with Gasteiger partial charge in [-0.15, -0.1) is 0 Å².